The molecule has 0 spiro atoms. The smallest absolute Gasteiger partial charge is 0.246 e. The lowest BCUT2D eigenvalue weighted by Gasteiger charge is -2.07. The third-order valence-corrected chi connectivity index (χ3v) is 3.18. The van der Waals surface area contributed by atoms with E-state index in [9.17, 15) is 4.79 Å². The molecule has 20 heavy (non-hydrogen) atoms. The zero-order valence-corrected chi connectivity index (χ0v) is 11.8. The molecule has 0 aliphatic heterocycles. The summed E-state index contributed by atoms with van der Waals surface area (Å²) in [6.07, 6.45) is 3.49. The predicted octanol–water partition coefficient (Wildman–Crippen LogP) is 2.14. The van der Waals surface area contributed by atoms with Gasteiger partial charge in [0.05, 0.1) is 6.61 Å². The van der Waals surface area contributed by atoms with Gasteiger partial charge in [-0.25, -0.2) is 0 Å². The van der Waals surface area contributed by atoms with Gasteiger partial charge in [-0.15, -0.1) is 0 Å². The summed E-state index contributed by atoms with van der Waals surface area (Å²) in [5, 5.41) is 2.83. The average molecular weight is 277 g/mol. The first-order chi connectivity index (χ1) is 9.84. The zero-order chi connectivity index (χ0) is 14.0. The van der Waals surface area contributed by atoms with Crippen LogP contribution < -0.4 is 5.32 Å². The Morgan fingerprint density at radius 3 is 2.75 bits per heavy atom. The third kappa shape index (κ3) is 6.68. The Morgan fingerprint density at radius 2 is 2.00 bits per heavy atom. The van der Waals surface area contributed by atoms with Crippen molar-refractivity contribution >= 4 is 5.91 Å². The monoisotopic (exact) mass is 277 g/mol. The number of carbonyl (C=O) groups is 1. The molecule has 1 aliphatic rings. The van der Waals surface area contributed by atoms with Crippen LogP contribution in [0.15, 0.2) is 30.3 Å². The van der Waals surface area contributed by atoms with Gasteiger partial charge in [-0.3, -0.25) is 4.79 Å². The molecule has 1 amide bonds. The molecular formula is C16H23NO3. The van der Waals surface area contributed by atoms with Crippen LogP contribution in [-0.2, 0) is 20.9 Å². The molecule has 0 heterocycles. The molecule has 0 atom stereocenters. The number of carbonyl (C=O) groups excluding carboxylic acids is 1. The van der Waals surface area contributed by atoms with Crippen molar-refractivity contribution in [1.29, 1.82) is 0 Å². The van der Waals surface area contributed by atoms with Crippen molar-refractivity contribution < 1.29 is 14.3 Å². The van der Waals surface area contributed by atoms with Crippen molar-refractivity contribution in [2.24, 2.45) is 5.92 Å². The van der Waals surface area contributed by atoms with Gasteiger partial charge in [0.15, 0.2) is 0 Å². The molecular weight excluding hydrogens is 254 g/mol. The highest BCUT2D eigenvalue weighted by Crippen LogP contribution is 2.28. The SMILES string of the molecule is O=C(COCc1ccccc1)NCCCOCC1CC1. The lowest BCUT2D eigenvalue weighted by Crippen LogP contribution is -2.29. The second kappa shape index (κ2) is 8.72. The van der Waals surface area contributed by atoms with E-state index in [2.05, 4.69) is 5.32 Å². The highest BCUT2D eigenvalue weighted by molar-refractivity contribution is 5.77. The van der Waals surface area contributed by atoms with Crippen LogP contribution in [0.3, 0.4) is 0 Å². The van der Waals surface area contributed by atoms with Crippen LogP contribution in [0.25, 0.3) is 0 Å². The molecule has 1 aliphatic carbocycles. The second-order valence-electron chi connectivity index (χ2n) is 5.20. The lowest BCUT2D eigenvalue weighted by atomic mass is 10.2. The van der Waals surface area contributed by atoms with Crippen molar-refractivity contribution in [2.45, 2.75) is 25.9 Å². The first kappa shape index (κ1) is 15.0. The minimum atomic E-state index is -0.0666. The van der Waals surface area contributed by atoms with Crippen LogP contribution in [0, 0.1) is 5.92 Å². The Kier molecular flexibility index (Phi) is 6.54. The molecule has 1 aromatic carbocycles. The van der Waals surface area contributed by atoms with E-state index in [1.54, 1.807) is 0 Å². The Labute approximate surface area is 120 Å². The van der Waals surface area contributed by atoms with Crippen LogP contribution in [0.4, 0.5) is 0 Å². The maximum atomic E-state index is 11.5. The lowest BCUT2D eigenvalue weighted by molar-refractivity contribution is -0.126. The zero-order valence-electron chi connectivity index (χ0n) is 11.8. The summed E-state index contributed by atoms with van der Waals surface area (Å²) in [5.41, 5.74) is 1.08. The summed E-state index contributed by atoms with van der Waals surface area (Å²) in [6.45, 7) is 2.84. The normalized spacial score (nSPS) is 14.2. The highest BCUT2D eigenvalue weighted by Gasteiger charge is 2.20. The van der Waals surface area contributed by atoms with E-state index in [0.717, 1.165) is 31.1 Å². The van der Waals surface area contributed by atoms with Gasteiger partial charge in [0.1, 0.15) is 6.61 Å². The number of hydrogen-bond donors (Lipinski definition) is 1. The van der Waals surface area contributed by atoms with E-state index in [0.29, 0.717) is 13.2 Å². The first-order valence-electron chi connectivity index (χ1n) is 7.30. The molecule has 0 bridgehead atoms. The van der Waals surface area contributed by atoms with Crippen molar-refractivity contribution in [3.05, 3.63) is 35.9 Å². The number of benzene rings is 1. The predicted molar refractivity (Wildman–Crippen MR) is 77.3 cm³/mol. The van der Waals surface area contributed by atoms with Crippen molar-refractivity contribution in [2.75, 3.05) is 26.4 Å². The minimum absolute atomic E-state index is 0.0666. The fourth-order valence-electron chi connectivity index (χ4n) is 1.82. The van der Waals surface area contributed by atoms with Gasteiger partial charge in [-0.05, 0) is 30.7 Å². The van der Waals surface area contributed by atoms with Gasteiger partial charge < -0.3 is 14.8 Å². The molecule has 0 saturated heterocycles. The Morgan fingerprint density at radius 1 is 1.20 bits per heavy atom. The summed E-state index contributed by atoms with van der Waals surface area (Å²) in [5.74, 6) is 0.735. The van der Waals surface area contributed by atoms with E-state index < -0.39 is 0 Å². The molecule has 110 valence electrons. The molecule has 0 unspecified atom stereocenters. The van der Waals surface area contributed by atoms with Gasteiger partial charge in [0.25, 0.3) is 0 Å². The van der Waals surface area contributed by atoms with Crippen LogP contribution in [0.2, 0.25) is 0 Å². The molecule has 1 fully saturated rings. The summed E-state index contributed by atoms with van der Waals surface area (Å²) >= 11 is 0. The number of ether oxygens (including phenoxy) is 2. The van der Waals surface area contributed by atoms with Gasteiger partial charge in [0.2, 0.25) is 5.91 Å². The molecule has 4 nitrogen and oxygen atoms in total. The van der Waals surface area contributed by atoms with E-state index in [1.165, 1.54) is 12.8 Å². The maximum absolute atomic E-state index is 11.5. The van der Waals surface area contributed by atoms with Crippen LogP contribution in [-0.4, -0.2) is 32.3 Å². The number of hydrogen-bond acceptors (Lipinski definition) is 3. The van der Waals surface area contributed by atoms with Crippen molar-refractivity contribution in [3.8, 4) is 0 Å². The van der Waals surface area contributed by atoms with E-state index >= 15 is 0 Å². The quantitative estimate of drug-likeness (QED) is 0.667. The van der Waals surface area contributed by atoms with E-state index in [1.807, 2.05) is 30.3 Å². The fraction of sp³-hybridized carbons (Fsp3) is 0.562. The summed E-state index contributed by atoms with van der Waals surface area (Å²) < 4.78 is 10.9. The Hall–Kier alpha value is -1.39. The van der Waals surface area contributed by atoms with Gasteiger partial charge in [-0.1, -0.05) is 30.3 Å². The number of rotatable bonds is 10. The molecule has 1 saturated carbocycles. The maximum Gasteiger partial charge on any atom is 0.246 e. The van der Waals surface area contributed by atoms with Crippen LogP contribution in [0.5, 0.6) is 0 Å². The minimum Gasteiger partial charge on any atom is -0.381 e. The first-order valence-corrected chi connectivity index (χ1v) is 7.30. The number of nitrogens with one attached hydrogen (secondary N) is 1. The molecule has 4 heteroatoms. The highest BCUT2D eigenvalue weighted by atomic mass is 16.5. The standard InChI is InChI=1S/C16H23NO3/c18-16(13-20-12-14-5-2-1-3-6-14)17-9-4-10-19-11-15-7-8-15/h1-3,5-6,15H,4,7-13H2,(H,17,18). The van der Waals surface area contributed by atoms with Gasteiger partial charge in [-0.2, -0.15) is 0 Å². The van der Waals surface area contributed by atoms with Crippen LogP contribution >= 0.6 is 0 Å². The third-order valence-electron chi connectivity index (χ3n) is 3.18. The fourth-order valence-corrected chi connectivity index (χ4v) is 1.82. The molecule has 1 aromatic rings. The van der Waals surface area contributed by atoms with Crippen molar-refractivity contribution in [1.82, 2.24) is 5.32 Å². The Bertz CT molecular complexity index is 390. The topological polar surface area (TPSA) is 47.6 Å². The molecule has 1 N–H and O–H groups in total. The van der Waals surface area contributed by atoms with Gasteiger partial charge in [0, 0.05) is 19.8 Å². The van der Waals surface area contributed by atoms with Crippen LogP contribution in [0.1, 0.15) is 24.8 Å². The van der Waals surface area contributed by atoms with Gasteiger partial charge >= 0.3 is 0 Å². The Balaban J connectivity index is 1.41. The summed E-state index contributed by atoms with van der Waals surface area (Å²) in [6, 6.07) is 9.84. The summed E-state index contributed by atoms with van der Waals surface area (Å²) in [7, 11) is 0. The van der Waals surface area contributed by atoms with E-state index in [-0.39, 0.29) is 12.5 Å². The summed E-state index contributed by atoms with van der Waals surface area (Å²) in [4.78, 5) is 11.5. The molecule has 0 radical (unpaired) electrons. The molecule has 2 rings (SSSR count). The second-order valence-corrected chi connectivity index (χ2v) is 5.20. The van der Waals surface area contributed by atoms with Crippen molar-refractivity contribution in [3.63, 3.8) is 0 Å². The van der Waals surface area contributed by atoms with E-state index in [4.69, 9.17) is 9.47 Å². The largest absolute Gasteiger partial charge is 0.381 e. The average Bonchev–Trinajstić information content (AvgIpc) is 3.28. The molecule has 0 aromatic heterocycles. The number of amides is 1.